The van der Waals surface area contributed by atoms with Crippen molar-refractivity contribution in [3.63, 3.8) is 0 Å². The van der Waals surface area contributed by atoms with Gasteiger partial charge in [0.1, 0.15) is 12.3 Å². The van der Waals surface area contributed by atoms with Gasteiger partial charge in [0.25, 0.3) is 5.56 Å². The van der Waals surface area contributed by atoms with Gasteiger partial charge in [-0.3, -0.25) is 14.2 Å². The monoisotopic (exact) mass is 247 g/mol. The second kappa shape index (κ2) is 5.31. The Morgan fingerprint density at radius 1 is 1.56 bits per heavy atom. The van der Waals surface area contributed by atoms with Gasteiger partial charge in [-0.25, -0.2) is 4.98 Å². The Hall–Kier alpha value is -2.37. The van der Waals surface area contributed by atoms with E-state index in [4.69, 9.17) is 4.42 Å². The molecule has 0 fully saturated rings. The summed E-state index contributed by atoms with van der Waals surface area (Å²) in [4.78, 5) is 27.1. The van der Waals surface area contributed by atoms with Crippen LogP contribution >= 0.6 is 0 Å². The summed E-state index contributed by atoms with van der Waals surface area (Å²) in [6, 6.07) is 4.90. The molecule has 1 amide bonds. The average molecular weight is 247 g/mol. The number of nitrogens with zero attached hydrogens (tertiary/aromatic N) is 2. The highest BCUT2D eigenvalue weighted by Gasteiger charge is 2.05. The standard InChI is InChI=1S/C12H13N3O3/c1-9-5-12(17)15(8-14-9)7-11(16)13-6-10-3-2-4-18-10/h2-5,8H,6-7H2,1H3,(H,13,16). The third-order valence-corrected chi connectivity index (χ3v) is 2.37. The first kappa shape index (κ1) is 12.1. The van der Waals surface area contributed by atoms with Crippen LogP contribution in [-0.4, -0.2) is 15.5 Å². The molecule has 0 atom stereocenters. The lowest BCUT2D eigenvalue weighted by atomic mass is 10.4. The maximum atomic E-state index is 11.6. The van der Waals surface area contributed by atoms with Gasteiger partial charge in [-0.1, -0.05) is 0 Å². The van der Waals surface area contributed by atoms with Gasteiger partial charge >= 0.3 is 0 Å². The van der Waals surface area contributed by atoms with E-state index in [1.165, 1.54) is 23.2 Å². The molecular formula is C12H13N3O3. The van der Waals surface area contributed by atoms with Crippen LogP contribution in [0.5, 0.6) is 0 Å². The lowest BCUT2D eigenvalue weighted by Crippen LogP contribution is -2.31. The van der Waals surface area contributed by atoms with Crippen molar-refractivity contribution in [2.24, 2.45) is 0 Å². The van der Waals surface area contributed by atoms with E-state index in [0.29, 0.717) is 18.0 Å². The maximum Gasteiger partial charge on any atom is 0.253 e. The number of aromatic nitrogens is 2. The Balaban J connectivity index is 1.93. The first-order valence-electron chi connectivity index (χ1n) is 5.47. The van der Waals surface area contributed by atoms with E-state index in [1.54, 1.807) is 19.1 Å². The van der Waals surface area contributed by atoms with Gasteiger partial charge in [0, 0.05) is 11.8 Å². The molecule has 2 aromatic rings. The summed E-state index contributed by atoms with van der Waals surface area (Å²) in [7, 11) is 0. The third-order valence-electron chi connectivity index (χ3n) is 2.37. The van der Waals surface area contributed by atoms with Crippen LogP contribution in [0.3, 0.4) is 0 Å². The highest BCUT2D eigenvalue weighted by atomic mass is 16.3. The first-order chi connectivity index (χ1) is 8.65. The number of carbonyl (C=O) groups excluding carboxylic acids is 1. The van der Waals surface area contributed by atoms with Gasteiger partial charge in [-0.05, 0) is 19.1 Å². The number of amides is 1. The minimum absolute atomic E-state index is 0.0488. The third kappa shape index (κ3) is 3.07. The summed E-state index contributed by atoms with van der Waals surface area (Å²) in [6.45, 7) is 1.98. The summed E-state index contributed by atoms with van der Waals surface area (Å²) < 4.78 is 6.33. The Bertz CT molecular complexity index is 587. The molecule has 0 aliphatic carbocycles. The highest BCUT2D eigenvalue weighted by Crippen LogP contribution is 1.98. The Labute approximate surface area is 103 Å². The van der Waals surface area contributed by atoms with Crippen molar-refractivity contribution in [3.05, 3.63) is 52.6 Å². The van der Waals surface area contributed by atoms with E-state index in [9.17, 15) is 9.59 Å². The molecule has 2 heterocycles. The number of aryl methyl sites for hydroxylation is 1. The molecule has 0 bridgehead atoms. The number of hydrogen-bond donors (Lipinski definition) is 1. The predicted octanol–water partition coefficient (Wildman–Crippen LogP) is 0.461. The summed E-state index contributed by atoms with van der Waals surface area (Å²) in [5.41, 5.74) is 0.392. The zero-order valence-electron chi connectivity index (χ0n) is 9.92. The van der Waals surface area contributed by atoms with Crippen molar-refractivity contribution < 1.29 is 9.21 Å². The van der Waals surface area contributed by atoms with Crippen LogP contribution in [0.1, 0.15) is 11.5 Å². The normalized spacial score (nSPS) is 10.3. The molecule has 2 rings (SSSR count). The van der Waals surface area contributed by atoms with Crippen molar-refractivity contribution in [3.8, 4) is 0 Å². The van der Waals surface area contributed by atoms with Gasteiger partial charge in [0.15, 0.2) is 0 Å². The molecule has 0 radical (unpaired) electrons. The van der Waals surface area contributed by atoms with Gasteiger partial charge in [0.05, 0.1) is 19.1 Å². The molecule has 0 aliphatic rings. The number of furan rings is 1. The van der Waals surface area contributed by atoms with E-state index >= 15 is 0 Å². The fourth-order valence-corrected chi connectivity index (χ4v) is 1.44. The zero-order chi connectivity index (χ0) is 13.0. The lowest BCUT2D eigenvalue weighted by molar-refractivity contribution is -0.122. The van der Waals surface area contributed by atoms with Crippen molar-refractivity contribution >= 4 is 5.91 Å². The Kier molecular flexibility index (Phi) is 3.57. The van der Waals surface area contributed by atoms with Crippen LogP contribution in [0.15, 0.2) is 40.0 Å². The molecule has 0 aromatic carbocycles. The number of rotatable bonds is 4. The SMILES string of the molecule is Cc1cc(=O)n(CC(=O)NCc2ccco2)cn1. The fourth-order valence-electron chi connectivity index (χ4n) is 1.44. The Morgan fingerprint density at radius 2 is 2.39 bits per heavy atom. The predicted molar refractivity (Wildman–Crippen MR) is 63.8 cm³/mol. The van der Waals surface area contributed by atoms with Crippen molar-refractivity contribution in [2.45, 2.75) is 20.0 Å². The molecule has 0 unspecified atom stereocenters. The molecule has 6 heteroatoms. The first-order valence-corrected chi connectivity index (χ1v) is 5.47. The number of hydrogen-bond acceptors (Lipinski definition) is 4. The van der Waals surface area contributed by atoms with Crippen LogP contribution in [0.25, 0.3) is 0 Å². The minimum Gasteiger partial charge on any atom is -0.467 e. The summed E-state index contributed by atoms with van der Waals surface area (Å²) in [5.74, 6) is 0.400. The van der Waals surface area contributed by atoms with Crippen LogP contribution in [0.2, 0.25) is 0 Å². The van der Waals surface area contributed by atoms with Gasteiger partial charge in [0.2, 0.25) is 5.91 Å². The van der Waals surface area contributed by atoms with Crippen LogP contribution in [-0.2, 0) is 17.9 Å². The molecule has 0 spiro atoms. The largest absolute Gasteiger partial charge is 0.467 e. The van der Waals surface area contributed by atoms with Gasteiger partial charge in [-0.2, -0.15) is 0 Å². The molecule has 1 N–H and O–H groups in total. The molecule has 0 aliphatic heterocycles. The van der Waals surface area contributed by atoms with Crippen molar-refractivity contribution in [1.82, 2.24) is 14.9 Å². The maximum absolute atomic E-state index is 11.6. The van der Waals surface area contributed by atoms with Crippen LogP contribution in [0.4, 0.5) is 0 Å². The lowest BCUT2D eigenvalue weighted by Gasteiger charge is -2.05. The van der Waals surface area contributed by atoms with E-state index < -0.39 is 0 Å². The topological polar surface area (TPSA) is 77.1 Å². The van der Waals surface area contributed by atoms with E-state index in [-0.39, 0.29) is 18.0 Å². The smallest absolute Gasteiger partial charge is 0.253 e. The molecule has 6 nitrogen and oxygen atoms in total. The summed E-state index contributed by atoms with van der Waals surface area (Å²) >= 11 is 0. The molecule has 18 heavy (non-hydrogen) atoms. The molecule has 2 aromatic heterocycles. The zero-order valence-corrected chi connectivity index (χ0v) is 9.92. The van der Waals surface area contributed by atoms with Gasteiger partial charge in [-0.15, -0.1) is 0 Å². The highest BCUT2D eigenvalue weighted by molar-refractivity contribution is 5.75. The number of nitrogens with one attached hydrogen (secondary N) is 1. The van der Waals surface area contributed by atoms with E-state index in [2.05, 4.69) is 10.3 Å². The second-order valence-corrected chi connectivity index (χ2v) is 3.85. The summed E-state index contributed by atoms with van der Waals surface area (Å²) in [5, 5.41) is 2.66. The number of carbonyl (C=O) groups is 1. The average Bonchev–Trinajstić information content (AvgIpc) is 2.83. The molecule has 0 saturated carbocycles. The summed E-state index contributed by atoms with van der Waals surface area (Å²) in [6.07, 6.45) is 2.90. The molecular weight excluding hydrogens is 234 g/mol. The minimum atomic E-state index is -0.265. The molecule has 0 saturated heterocycles. The van der Waals surface area contributed by atoms with E-state index in [1.807, 2.05) is 0 Å². The molecule has 94 valence electrons. The van der Waals surface area contributed by atoms with E-state index in [0.717, 1.165) is 0 Å². The second-order valence-electron chi connectivity index (χ2n) is 3.85. The van der Waals surface area contributed by atoms with Crippen LogP contribution < -0.4 is 10.9 Å². The van der Waals surface area contributed by atoms with Crippen molar-refractivity contribution in [2.75, 3.05) is 0 Å². The Morgan fingerprint density at radius 3 is 3.06 bits per heavy atom. The fraction of sp³-hybridized carbons (Fsp3) is 0.250. The van der Waals surface area contributed by atoms with Crippen LogP contribution in [0, 0.1) is 6.92 Å². The quantitative estimate of drug-likeness (QED) is 0.851. The van der Waals surface area contributed by atoms with Gasteiger partial charge < -0.3 is 9.73 Å². The van der Waals surface area contributed by atoms with Crippen molar-refractivity contribution in [1.29, 1.82) is 0 Å².